The third kappa shape index (κ3) is 4.30. The van der Waals surface area contributed by atoms with Crippen molar-refractivity contribution in [3.8, 4) is 11.3 Å². The first-order chi connectivity index (χ1) is 9.70. The van der Waals surface area contributed by atoms with Crippen LogP contribution in [0.4, 0.5) is 0 Å². The van der Waals surface area contributed by atoms with Crippen LogP contribution in [0.5, 0.6) is 0 Å². The highest BCUT2D eigenvalue weighted by Gasteiger charge is 2.16. The Morgan fingerprint density at radius 1 is 1.33 bits per heavy atom. The lowest BCUT2D eigenvalue weighted by atomic mass is 10.2. The average Bonchev–Trinajstić information content (AvgIpc) is 2.88. The number of imidazole rings is 1. The Kier molecular flexibility index (Phi) is 5.81. The molecule has 1 aliphatic rings. The van der Waals surface area contributed by atoms with Crippen LogP contribution in [0.2, 0.25) is 0 Å². The van der Waals surface area contributed by atoms with Gasteiger partial charge in [0.15, 0.2) is 0 Å². The molecule has 0 radical (unpaired) electrons. The SMILES string of the molecule is C[C@H]1CN(Cc2ncc(-c3ccc(Br)cc3)[nH]2)CCN1.Cl. The minimum atomic E-state index is 0. The molecule has 1 atom stereocenters. The molecule has 2 N–H and O–H groups in total. The van der Waals surface area contributed by atoms with Crippen molar-refractivity contribution in [3.05, 3.63) is 40.8 Å². The Hall–Kier alpha value is -0.880. The average molecular weight is 372 g/mol. The first kappa shape index (κ1) is 16.5. The number of aromatic amines is 1. The first-order valence-electron chi connectivity index (χ1n) is 6.96. The normalized spacial score (nSPS) is 19.2. The van der Waals surface area contributed by atoms with Gasteiger partial charge in [0.25, 0.3) is 0 Å². The molecule has 1 saturated heterocycles. The van der Waals surface area contributed by atoms with E-state index >= 15 is 0 Å². The molecule has 0 aliphatic carbocycles. The van der Waals surface area contributed by atoms with Crippen LogP contribution in [0.15, 0.2) is 34.9 Å². The van der Waals surface area contributed by atoms with Gasteiger partial charge in [-0.3, -0.25) is 4.90 Å². The second-order valence-corrected chi connectivity index (χ2v) is 6.26. The minimum Gasteiger partial charge on any atom is -0.341 e. The minimum absolute atomic E-state index is 0. The largest absolute Gasteiger partial charge is 0.341 e. The fraction of sp³-hybridized carbons (Fsp3) is 0.400. The van der Waals surface area contributed by atoms with Crippen molar-refractivity contribution in [1.29, 1.82) is 0 Å². The topological polar surface area (TPSA) is 44.0 Å². The number of hydrogen-bond acceptors (Lipinski definition) is 3. The van der Waals surface area contributed by atoms with Crippen molar-refractivity contribution in [1.82, 2.24) is 20.2 Å². The van der Waals surface area contributed by atoms with Crippen molar-refractivity contribution in [2.45, 2.75) is 19.5 Å². The molecule has 0 spiro atoms. The zero-order valence-electron chi connectivity index (χ0n) is 12.0. The van der Waals surface area contributed by atoms with Crippen LogP contribution >= 0.6 is 28.3 Å². The molecule has 114 valence electrons. The van der Waals surface area contributed by atoms with Crippen molar-refractivity contribution in [2.75, 3.05) is 19.6 Å². The van der Waals surface area contributed by atoms with E-state index in [0.717, 1.165) is 42.2 Å². The molecule has 1 aromatic heterocycles. The van der Waals surface area contributed by atoms with E-state index in [1.807, 2.05) is 18.3 Å². The highest BCUT2D eigenvalue weighted by Crippen LogP contribution is 2.20. The molecule has 3 rings (SSSR count). The van der Waals surface area contributed by atoms with Gasteiger partial charge in [0.2, 0.25) is 0 Å². The number of aromatic nitrogens is 2. The lowest BCUT2D eigenvalue weighted by Crippen LogP contribution is -2.48. The summed E-state index contributed by atoms with van der Waals surface area (Å²) in [5.41, 5.74) is 2.25. The molecule has 0 unspecified atom stereocenters. The number of benzene rings is 1. The molecular weight excluding hydrogens is 352 g/mol. The lowest BCUT2D eigenvalue weighted by molar-refractivity contribution is 0.196. The molecular formula is C15H20BrClN4. The summed E-state index contributed by atoms with van der Waals surface area (Å²) in [5.74, 6) is 1.04. The van der Waals surface area contributed by atoms with Gasteiger partial charge < -0.3 is 10.3 Å². The van der Waals surface area contributed by atoms with Crippen LogP contribution in [0.3, 0.4) is 0 Å². The maximum absolute atomic E-state index is 4.50. The van der Waals surface area contributed by atoms with Gasteiger partial charge in [0, 0.05) is 30.1 Å². The van der Waals surface area contributed by atoms with Gasteiger partial charge in [-0.2, -0.15) is 0 Å². The highest BCUT2D eigenvalue weighted by atomic mass is 79.9. The molecule has 0 bridgehead atoms. The van der Waals surface area contributed by atoms with Crippen molar-refractivity contribution in [2.24, 2.45) is 0 Å². The summed E-state index contributed by atoms with van der Waals surface area (Å²) in [6.07, 6.45) is 1.92. The summed E-state index contributed by atoms with van der Waals surface area (Å²) in [4.78, 5) is 10.4. The molecule has 1 aromatic carbocycles. The quantitative estimate of drug-likeness (QED) is 0.871. The number of halogens is 2. The van der Waals surface area contributed by atoms with Crippen molar-refractivity contribution in [3.63, 3.8) is 0 Å². The number of nitrogens with one attached hydrogen (secondary N) is 2. The number of nitrogens with zero attached hydrogens (tertiary/aromatic N) is 2. The third-order valence-corrected chi connectivity index (χ3v) is 4.14. The second kappa shape index (κ2) is 7.40. The number of H-pyrrole nitrogens is 1. The van der Waals surface area contributed by atoms with E-state index < -0.39 is 0 Å². The van der Waals surface area contributed by atoms with E-state index in [1.165, 1.54) is 5.56 Å². The molecule has 1 aliphatic heterocycles. The zero-order valence-corrected chi connectivity index (χ0v) is 14.4. The van der Waals surface area contributed by atoms with Gasteiger partial charge in [0.05, 0.1) is 18.4 Å². The molecule has 21 heavy (non-hydrogen) atoms. The monoisotopic (exact) mass is 370 g/mol. The summed E-state index contributed by atoms with van der Waals surface area (Å²) in [6, 6.07) is 8.84. The van der Waals surface area contributed by atoms with E-state index in [9.17, 15) is 0 Å². The summed E-state index contributed by atoms with van der Waals surface area (Å²) in [6.45, 7) is 6.33. The Labute approximate surface area is 139 Å². The van der Waals surface area contributed by atoms with Crippen LogP contribution in [0.1, 0.15) is 12.7 Å². The smallest absolute Gasteiger partial charge is 0.120 e. The molecule has 4 nitrogen and oxygen atoms in total. The van der Waals surface area contributed by atoms with E-state index in [0.29, 0.717) is 6.04 Å². The lowest BCUT2D eigenvalue weighted by Gasteiger charge is -2.31. The molecule has 2 aromatic rings. The van der Waals surface area contributed by atoms with E-state index in [-0.39, 0.29) is 12.4 Å². The Morgan fingerprint density at radius 3 is 2.81 bits per heavy atom. The predicted octanol–water partition coefficient (Wildman–Crippen LogP) is 3.05. The maximum atomic E-state index is 4.50. The molecule has 1 fully saturated rings. The predicted molar refractivity (Wildman–Crippen MR) is 91.7 cm³/mol. The van der Waals surface area contributed by atoms with E-state index in [4.69, 9.17) is 0 Å². The fourth-order valence-electron chi connectivity index (χ4n) is 2.59. The van der Waals surface area contributed by atoms with Gasteiger partial charge in [0.1, 0.15) is 5.82 Å². The number of hydrogen-bond donors (Lipinski definition) is 2. The van der Waals surface area contributed by atoms with E-state index in [1.54, 1.807) is 0 Å². The maximum Gasteiger partial charge on any atom is 0.120 e. The fourth-order valence-corrected chi connectivity index (χ4v) is 2.85. The van der Waals surface area contributed by atoms with Crippen molar-refractivity contribution >= 4 is 28.3 Å². The van der Waals surface area contributed by atoms with Gasteiger partial charge in [-0.1, -0.05) is 28.1 Å². The number of rotatable bonds is 3. The molecule has 0 saturated carbocycles. The van der Waals surface area contributed by atoms with Crippen LogP contribution in [-0.2, 0) is 6.54 Å². The van der Waals surface area contributed by atoms with Crippen LogP contribution in [-0.4, -0.2) is 40.5 Å². The van der Waals surface area contributed by atoms with Crippen LogP contribution in [0.25, 0.3) is 11.3 Å². The summed E-state index contributed by atoms with van der Waals surface area (Å²) < 4.78 is 1.09. The van der Waals surface area contributed by atoms with Gasteiger partial charge in [-0.05, 0) is 24.6 Å². The van der Waals surface area contributed by atoms with E-state index in [2.05, 4.69) is 55.2 Å². The molecule has 6 heteroatoms. The summed E-state index contributed by atoms with van der Waals surface area (Å²) in [5, 5.41) is 3.46. The zero-order chi connectivity index (χ0) is 13.9. The standard InChI is InChI=1S/C15H19BrN4.ClH/c1-11-9-20(7-6-17-11)10-15-18-8-14(19-15)12-2-4-13(16)5-3-12;/h2-5,8,11,17H,6-7,9-10H2,1H3,(H,18,19);1H/t11-;/m0./s1. The first-order valence-corrected chi connectivity index (χ1v) is 7.75. The van der Waals surface area contributed by atoms with Gasteiger partial charge in [-0.25, -0.2) is 4.98 Å². The van der Waals surface area contributed by atoms with Crippen LogP contribution in [0, 0.1) is 0 Å². The number of piperazine rings is 1. The van der Waals surface area contributed by atoms with Gasteiger partial charge in [-0.15, -0.1) is 12.4 Å². The molecule has 0 amide bonds. The van der Waals surface area contributed by atoms with Crippen molar-refractivity contribution < 1.29 is 0 Å². The molecule has 2 heterocycles. The Morgan fingerprint density at radius 2 is 2.10 bits per heavy atom. The summed E-state index contributed by atoms with van der Waals surface area (Å²) >= 11 is 3.46. The van der Waals surface area contributed by atoms with Crippen LogP contribution < -0.4 is 5.32 Å². The summed E-state index contributed by atoms with van der Waals surface area (Å²) in [7, 11) is 0. The highest BCUT2D eigenvalue weighted by molar-refractivity contribution is 9.10. The van der Waals surface area contributed by atoms with Gasteiger partial charge >= 0.3 is 0 Å². The Bertz CT molecular complexity index is 569. The second-order valence-electron chi connectivity index (χ2n) is 5.34. The third-order valence-electron chi connectivity index (χ3n) is 3.61. The Balaban J connectivity index is 0.00000161.